The fraction of sp³-hybridized carbons (Fsp3) is 0.476. The highest BCUT2D eigenvalue weighted by molar-refractivity contribution is 5.63. The van der Waals surface area contributed by atoms with Crippen molar-refractivity contribution in [1.82, 2.24) is 0 Å². The summed E-state index contributed by atoms with van der Waals surface area (Å²) in [6.45, 7) is 3.18. The molecule has 0 spiro atoms. The Balaban J connectivity index is 1.43. The fourth-order valence-electron chi connectivity index (χ4n) is 3.73. The normalized spacial score (nSPS) is 20.7. The monoisotopic (exact) mass is 325 g/mol. The third-order valence-corrected chi connectivity index (χ3v) is 5.06. The van der Waals surface area contributed by atoms with Crippen molar-refractivity contribution in [2.45, 2.75) is 45.4 Å². The molecule has 3 heteroatoms. The standard InChI is InChI=1S/C21H27NO2/c1-17-4-2-5-18(16-17)6-3-15-24-21-9-7-19(8-10-21)20-11-13-22(23)14-12-20/h7-14,17-18H,2-6,15-16H2,1H3/t17-,18?/m0/s1. The summed E-state index contributed by atoms with van der Waals surface area (Å²) in [5.41, 5.74) is 2.14. The van der Waals surface area contributed by atoms with Gasteiger partial charge >= 0.3 is 0 Å². The Morgan fingerprint density at radius 1 is 1.04 bits per heavy atom. The average Bonchev–Trinajstić information content (AvgIpc) is 2.60. The van der Waals surface area contributed by atoms with Gasteiger partial charge in [0.2, 0.25) is 0 Å². The molecule has 1 aromatic carbocycles. The number of ether oxygens (including phenoxy) is 1. The number of benzene rings is 1. The molecule has 0 bridgehead atoms. The molecule has 3 rings (SSSR count). The number of hydrogen-bond donors (Lipinski definition) is 0. The maximum atomic E-state index is 11.1. The van der Waals surface area contributed by atoms with E-state index in [1.54, 1.807) is 0 Å². The van der Waals surface area contributed by atoms with Crippen molar-refractivity contribution in [3.05, 3.63) is 54.0 Å². The lowest BCUT2D eigenvalue weighted by Gasteiger charge is -2.26. The number of nitrogens with zero attached hydrogens (tertiary/aromatic N) is 1. The van der Waals surface area contributed by atoms with Crippen molar-refractivity contribution >= 4 is 0 Å². The van der Waals surface area contributed by atoms with Crippen LogP contribution in [-0.4, -0.2) is 6.61 Å². The minimum atomic E-state index is 0.797. The third-order valence-electron chi connectivity index (χ3n) is 5.06. The van der Waals surface area contributed by atoms with Crippen molar-refractivity contribution < 1.29 is 9.47 Å². The zero-order valence-corrected chi connectivity index (χ0v) is 14.5. The predicted octanol–water partition coefficient (Wildman–Crippen LogP) is 4.97. The Hall–Kier alpha value is -2.03. The summed E-state index contributed by atoms with van der Waals surface area (Å²) in [5.74, 6) is 2.73. The average molecular weight is 325 g/mol. The molecule has 2 atom stereocenters. The lowest BCUT2D eigenvalue weighted by molar-refractivity contribution is -0.605. The molecular formula is C21H27NO2. The van der Waals surface area contributed by atoms with Crippen molar-refractivity contribution in [3.63, 3.8) is 0 Å². The smallest absolute Gasteiger partial charge is 0.180 e. The minimum absolute atomic E-state index is 0.797. The maximum absolute atomic E-state index is 11.1. The van der Waals surface area contributed by atoms with Crippen LogP contribution in [0.1, 0.15) is 45.4 Å². The van der Waals surface area contributed by atoms with Gasteiger partial charge in [-0.3, -0.25) is 0 Å². The Morgan fingerprint density at radius 3 is 2.46 bits per heavy atom. The summed E-state index contributed by atoms with van der Waals surface area (Å²) in [6, 6.07) is 11.8. The predicted molar refractivity (Wildman–Crippen MR) is 96.7 cm³/mol. The zero-order chi connectivity index (χ0) is 16.8. The summed E-state index contributed by atoms with van der Waals surface area (Å²) in [4.78, 5) is 0. The van der Waals surface area contributed by atoms with Gasteiger partial charge in [0.05, 0.1) is 6.61 Å². The summed E-state index contributed by atoms with van der Waals surface area (Å²) >= 11 is 0. The first-order valence-corrected chi connectivity index (χ1v) is 9.13. The molecule has 1 unspecified atom stereocenters. The zero-order valence-electron chi connectivity index (χ0n) is 14.5. The second kappa shape index (κ2) is 8.18. The van der Waals surface area contributed by atoms with E-state index < -0.39 is 0 Å². The van der Waals surface area contributed by atoms with E-state index in [2.05, 4.69) is 6.92 Å². The molecule has 1 aliphatic rings. The molecule has 3 nitrogen and oxygen atoms in total. The van der Waals surface area contributed by atoms with Gasteiger partial charge in [0.25, 0.3) is 0 Å². The summed E-state index contributed by atoms with van der Waals surface area (Å²) in [7, 11) is 0. The fourth-order valence-corrected chi connectivity index (χ4v) is 3.73. The second-order valence-corrected chi connectivity index (χ2v) is 7.10. The van der Waals surface area contributed by atoms with Crippen molar-refractivity contribution in [1.29, 1.82) is 0 Å². The van der Waals surface area contributed by atoms with Gasteiger partial charge in [-0.1, -0.05) is 38.3 Å². The Bertz CT molecular complexity index is 621. The Morgan fingerprint density at radius 2 is 1.75 bits per heavy atom. The van der Waals surface area contributed by atoms with E-state index in [-0.39, 0.29) is 0 Å². The van der Waals surface area contributed by atoms with E-state index in [9.17, 15) is 5.21 Å². The van der Waals surface area contributed by atoms with Crippen LogP contribution in [0, 0.1) is 17.0 Å². The molecule has 1 aromatic heterocycles. The van der Waals surface area contributed by atoms with Crippen LogP contribution in [0.15, 0.2) is 48.8 Å². The molecule has 0 radical (unpaired) electrons. The van der Waals surface area contributed by atoms with Crippen LogP contribution in [0.5, 0.6) is 5.75 Å². The van der Waals surface area contributed by atoms with Gasteiger partial charge in [-0.05, 0) is 54.4 Å². The summed E-state index contributed by atoms with van der Waals surface area (Å²) in [5, 5.41) is 11.1. The van der Waals surface area contributed by atoms with E-state index in [4.69, 9.17) is 4.74 Å². The van der Waals surface area contributed by atoms with Crippen LogP contribution in [0.3, 0.4) is 0 Å². The molecule has 1 heterocycles. The first-order chi connectivity index (χ1) is 11.7. The molecule has 0 aliphatic heterocycles. The second-order valence-electron chi connectivity index (χ2n) is 7.10. The maximum Gasteiger partial charge on any atom is 0.180 e. The quantitative estimate of drug-likeness (QED) is 0.427. The van der Waals surface area contributed by atoms with Gasteiger partial charge in [0.15, 0.2) is 12.4 Å². The molecule has 2 aromatic rings. The lowest BCUT2D eigenvalue weighted by Crippen LogP contribution is -2.23. The molecule has 1 aliphatic carbocycles. The highest BCUT2D eigenvalue weighted by Crippen LogP contribution is 2.31. The van der Waals surface area contributed by atoms with Crippen LogP contribution in [0.25, 0.3) is 11.1 Å². The molecule has 0 saturated heterocycles. The lowest BCUT2D eigenvalue weighted by atomic mass is 9.80. The SMILES string of the molecule is C[C@H]1CCCC(CCCOc2ccc(-c3cc[n+]([O-])cc3)cc2)C1. The van der Waals surface area contributed by atoms with Gasteiger partial charge in [-0.2, -0.15) is 4.73 Å². The first-order valence-electron chi connectivity index (χ1n) is 9.13. The Labute approximate surface area is 144 Å². The van der Waals surface area contributed by atoms with Gasteiger partial charge < -0.3 is 9.94 Å². The molecule has 0 N–H and O–H groups in total. The van der Waals surface area contributed by atoms with E-state index in [1.165, 1.54) is 44.5 Å². The molecular weight excluding hydrogens is 298 g/mol. The molecule has 1 saturated carbocycles. The van der Waals surface area contributed by atoms with Crippen LogP contribution < -0.4 is 9.47 Å². The number of rotatable bonds is 6. The minimum Gasteiger partial charge on any atom is -0.619 e. The number of hydrogen-bond acceptors (Lipinski definition) is 2. The Kier molecular flexibility index (Phi) is 5.73. The van der Waals surface area contributed by atoms with Gasteiger partial charge in [-0.25, -0.2) is 0 Å². The summed E-state index contributed by atoms with van der Waals surface area (Å²) in [6.07, 6.45) is 11.1. The van der Waals surface area contributed by atoms with Crippen molar-refractivity contribution in [3.8, 4) is 16.9 Å². The van der Waals surface area contributed by atoms with Gasteiger partial charge in [0, 0.05) is 12.1 Å². The molecule has 0 amide bonds. The van der Waals surface area contributed by atoms with Gasteiger partial charge in [-0.15, -0.1) is 0 Å². The molecule has 1 fully saturated rings. The largest absolute Gasteiger partial charge is 0.619 e. The van der Waals surface area contributed by atoms with Crippen LogP contribution in [0.2, 0.25) is 0 Å². The highest BCUT2D eigenvalue weighted by Gasteiger charge is 2.18. The third kappa shape index (κ3) is 4.73. The van der Waals surface area contributed by atoms with E-state index in [1.807, 2.05) is 36.4 Å². The molecule has 24 heavy (non-hydrogen) atoms. The topological polar surface area (TPSA) is 36.2 Å². The van der Waals surface area contributed by atoms with E-state index in [0.29, 0.717) is 0 Å². The van der Waals surface area contributed by atoms with E-state index >= 15 is 0 Å². The highest BCUT2D eigenvalue weighted by atomic mass is 16.5. The van der Waals surface area contributed by atoms with E-state index in [0.717, 1.165) is 46.5 Å². The number of aromatic nitrogens is 1. The van der Waals surface area contributed by atoms with Crippen molar-refractivity contribution in [2.24, 2.45) is 11.8 Å². The summed E-state index contributed by atoms with van der Waals surface area (Å²) < 4.78 is 6.68. The number of pyridine rings is 1. The van der Waals surface area contributed by atoms with Crippen LogP contribution in [-0.2, 0) is 0 Å². The van der Waals surface area contributed by atoms with Crippen molar-refractivity contribution in [2.75, 3.05) is 6.61 Å². The van der Waals surface area contributed by atoms with Crippen LogP contribution >= 0.6 is 0 Å². The molecule has 128 valence electrons. The first kappa shape index (κ1) is 16.8. The van der Waals surface area contributed by atoms with Crippen LogP contribution in [0.4, 0.5) is 0 Å². The van der Waals surface area contributed by atoms with Gasteiger partial charge in [0.1, 0.15) is 5.75 Å².